The maximum Gasteiger partial charge on any atom is 0.326 e. The number of piperazine rings is 1. The molecule has 2 fully saturated rings. The van der Waals surface area contributed by atoms with E-state index in [1.54, 1.807) is 0 Å². The standard InChI is InChI=1S/C16H30N2O2/c1-13(2)14-5-4-7-16(8-6-14,15(19)20-3)18-11-9-17-10-12-18/h13-14,17H,4-12H2,1-3H3. The van der Waals surface area contributed by atoms with Gasteiger partial charge in [0.1, 0.15) is 5.54 Å². The van der Waals surface area contributed by atoms with Crippen LogP contribution in [0.15, 0.2) is 0 Å². The average Bonchev–Trinajstić information content (AvgIpc) is 2.71. The Morgan fingerprint density at radius 1 is 1.25 bits per heavy atom. The number of carbonyl (C=O) groups is 1. The molecule has 20 heavy (non-hydrogen) atoms. The minimum atomic E-state index is -0.361. The number of hydrogen-bond donors (Lipinski definition) is 1. The van der Waals surface area contributed by atoms with Crippen molar-refractivity contribution in [2.75, 3.05) is 33.3 Å². The quantitative estimate of drug-likeness (QED) is 0.635. The van der Waals surface area contributed by atoms with Crippen molar-refractivity contribution in [2.45, 2.75) is 51.5 Å². The predicted molar refractivity (Wildman–Crippen MR) is 80.6 cm³/mol. The van der Waals surface area contributed by atoms with Crippen LogP contribution in [0, 0.1) is 11.8 Å². The third-order valence-electron chi connectivity index (χ3n) is 5.32. The van der Waals surface area contributed by atoms with E-state index < -0.39 is 0 Å². The van der Waals surface area contributed by atoms with E-state index in [0.717, 1.165) is 57.8 Å². The van der Waals surface area contributed by atoms with Gasteiger partial charge in [-0.05, 0) is 31.1 Å². The van der Waals surface area contributed by atoms with Crippen molar-refractivity contribution in [1.82, 2.24) is 10.2 Å². The highest BCUT2D eigenvalue weighted by atomic mass is 16.5. The highest BCUT2D eigenvalue weighted by molar-refractivity contribution is 5.80. The van der Waals surface area contributed by atoms with Crippen LogP contribution < -0.4 is 5.32 Å². The Balaban J connectivity index is 2.16. The molecule has 0 aromatic rings. The van der Waals surface area contributed by atoms with Gasteiger partial charge in [0.15, 0.2) is 0 Å². The van der Waals surface area contributed by atoms with Crippen LogP contribution in [0.2, 0.25) is 0 Å². The summed E-state index contributed by atoms with van der Waals surface area (Å²) in [6.45, 7) is 8.49. The molecule has 1 saturated carbocycles. The lowest BCUT2D eigenvalue weighted by Gasteiger charge is -2.43. The molecule has 2 unspecified atom stereocenters. The number of rotatable bonds is 3. The molecule has 0 spiro atoms. The summed E-state index contributed by atoms with van der Waals surface area (Å²) in [6, 6.07) is 0. The number of hydrogen-bond acceptors (Lipinski definition) is 4. The van der Waals surface area contributed by atoms with Crippen LogP contribution in [0.25, 0.3) is 0 Å². The number of ether oxygens (including phenoxy) is 1. The fourth-order valence-corrected chi connectivity index (χ4v) is 3.95. The molecule has 0 amide bonds. The van der Waals surface area contributed by atoms with Crippen LogP contribution in [0.5, 0.6) is 0 Å². The lowest BCUT2D eigenvalue weighted by atomic mass is 9.85. The third kappa shape index (κ3) is 3.17. The molecule has 4 nitrogen and oxygen atoms in total. The zero-order valence-corrected chi connectivity index (χ0v) is 13.3. The zero-order valence-electron chi connectivity index (χ0n) is 13.3. The van der Waals surface area contributed by atoms with Crippen molar-refractivity contribution in [3.63, 3.8) is 0 Å². The van der Waals surface area contributed by atoms with E-state index in [9.17, 15) is 4.79 Å². The molecule has 0 bridgehead atoms. The first-order valence-corrected chi connectivity index (χ1v) is 8.14. The Labute approximate surface area is 123 Å². The highest BCUT2D eigenvalue weighted by Crippen LogP contribution is 2.38. The van der Waals surface area contributed by atoms with E-state index in [4.69, 9.17) is 4.74 Å². The molecule has 116 valence electrons. The number of nitrogens with zero attached hydrogens (tertiary/aromatic N) is 1. The summed E-state index contributed by atoms with van der Waals surface area (Å²) in [5.41, 5.74) is -0.361. The molecule has 0 radical (unpaired) electrons. The summed E-state index contributed by atoms with van der Waals surface area (Å²) in [7, 11) is 1.54. The summed E-state index contributed by atoms with van der Waals surface area (Å²) >= 11 is 0. The van der Waals surface area contributed by atoms with E-state index in [1.165, 1.54) is 13.5 Å². The third-order valence-corrected chi connectivity index (χ3v) is 5.32. The van der Waals surface area contributed by atoms with E-state index >= 15 is 0 Å². The van der Waals surface area contributed by atoms with Crippen molar-refractivity contribution in [3.05, 3.63) is 0 Å². The van der Waals surface area contributed by atoms with E-state index in [2.05, 4.69) is 24.1 Å². The largest absolute Gasteiger partial charge is 0.468 e. The molecule has 1 aliphatic carbocycles. The van der Waals surface area contributed by atoms with Crippen molar-refractivity contribution < 1.29 is 9.53 Å². The minimum absolute atomic E-state index is 0.0104. The second-order valence-corrected chi connectivity index (χ2v) is 6.70. The first kappa shape index (κ1) is 15.8. The molecular formula is C16H30N2O2. The normalized spacial score (nSPS) is 32.9. The van der Waals surface area contributed by atoms with Gasteiger partial charge in [-0.25, -0.2) is 0 Å². The zero-order chi connectivity index (χ0) is 14.6. The lowest BCUT2D eigenvalue weighted by molar-refractivity contribution is -0.157. The molecule has 1 saturated heterocycles. The second-order valence-electron chi connectivity index (χ2n) is 6.70. The van der Waals surface area contributed by atoms with Crippen molar-refractivity contribution in [3.8, 4) is 0 Å². The van der Waals surface area contributed by atoms with Crippen LogP contribution in [-0.4, -0.2) is 49.7 Å². The van der Waals surface area contributed by atoms with Crippen molar-refractivity contribution >= 4 is 5.97 Å². The monoisotopic (exact) mass is 282 g/mol. The molecule has 0 aromatic heterocycles. The molecule has 1 aliphatic heterocycles. The Bertz CT molecular complexity index is 326. The van der Waals surface area contributed by atoms with Crippen LogP contribution in [0.3, 0.4) is 0 Å². The van der Waals surface area contributed by atoms with E-state index in [-0.39, 0.29) is 11.5 Å². The Morgan fingerprint density at radius 2 is 1.95 bits per heavy atom. The van der Waals surface area contributed by atoms with Crippen LogP contribution in [0.1, 0.15) is 46.0 Å². The first-order chi connectivity index (χ1) is 9.60. The van der Waals surface area contributed by atoms with Gasteiger partial charge in [-0.1, -0.05) is 26.7 Å². The Hall–Kier alpha value is -0.610. The fourth-order valence-electron chi connectivity index (χ4n) is 3.95. The molecule has 2 atom stereocenters. The molecule has 4 heteroatoms. The van der Waals surface area contributed by atoms with E-state index in [1.807, 2.05) is 0 Å². The van der Waals surface area contributed by atoms with Crippen molar-refractivity contribution in [1.29, 1.82) is 0 Å². The smallest absolute Gasteiger partial charge is 0.326 e. The topological polar surface area (TPSA) is 41.6 Å². The Morgan fingerprint density at radius 3 is 2.55 bits per heavy atom. The lowest BCUT2D eigenvalue weighted by Crippen LogP contribution is -2.60. The van der Waals surface area contributed by atoms with Gasteiger partial charge in [-0.2, -0.15) is 0 Å². The summed E-state index contributed by atoms with van der Waals surface area (Å²) < 4.78 is 5.20. The van der Waals surface area contributed by atoms with Gasteiger partial charge >= 0.3 is 5.97 Å². The molecule has 2 rings (SSSR count). The van der Waals surface area contributed by atoms with Gasteiger partial charge in [-0.3, -0.25) is 9.69 Å². The summed E-state index contributed by atoms with van der Waals surface area (Å²) in [5.74, 6) is 1.46. The maximum atomic E-state index is 12.5. The molecule has 1 heterocycles. The summed E-state index contributed by atoms with van der Waals surface area (Å²) in [5, 5.41) is 3.38. The van der Waals surface area contributed by atoms with Gasteiger partial charge in [0.05, 0.1) is 7.11 Å². The van der Waals surface area contributed by atoms with Gasteiger partial charge in [0.2, 0.25) is 0 Å². The van der Waals surface area contributed by atoms with Gasteiger partial charge in [-0.15, -0.1) is 0 Å². The number of esters is 1. The Kier molecular flexibility index (Phi) is 5.44. The highest BCUT2D eigenvalue weighted by Gasteiger charge is 2.46. The number of nitrogens with one attached hydrogen (secondary N) is 1. The summed E-state index contributed by atoms with van der Waals surface area (Å²) in [4.78, 5) is 14.9. The molecule has 1 N–H and O–H groups in total. The molecular weight excluding hydrogens is 252 g/mol. The maximum absolute atomic E-state index is 12.5. The molecule has 2 aliphatic rings. The minimum Gasteiger partial charge on any atom is -0.468 e. The first-order valence-electron chi connectivity index (χ1n) is 8.14. The van der Waals surface area contributed by atoms with Crippen LogP contribution in [-0.2, 0) is 9.53 Å². The van der Waals surface area contributed by atoms with Crippen molar-refractivity contribution in [2.24, 2.45) is 11.8 Å². The molecule has 0 aromatic carbocycles. The predicted octanol–water partition coefficient (Wildman–Crippen LogP) is 2.04. The second kappa shape index (κ2) is 6.90. The summed E-state index contributed by atoms with van der Waals surface area (Å²) in [6.07, 6.45) is 5.46. The van der Waals surface area contributed by atoms with Gasteiger partial charge in [0, 0.05) is 26.2 Å². The van der Waals surface area contributed by atoms with Gasteiger partial charge in [0.25, 0.3) is 0 Å². The van der Waals surface area contributed by atoms with Gasteiger partial charge < -0.3 is 10.1 Å². The van der Waals surface area contributed by atoms with Crippen LogP contribution in [0.4, 0.5) is 0 Å². The number of carbonyl (C=O) groups excluding carboxylic acids is 1. The van der Waals surface area contributed by atoms with Crippen LogP contribution >= 0.6 is 0 Å². The average molecular weight is 282 g/mol. The fraction of sp³-hybridized carbons (Fsp3) is 0.938. The number of methoxy groups -OCH3 is 1. The van der Waals surface area contributed by atoms with E-state index in [0.29, 0.717) is 5.92 Å². The SMILES string of the molecule is COC(=O)C1(N2CCNCC2)CCCC(C(C)C)CC1.